The number of benzene rings is 1. The number of anilines is 1. The van der Waals surface area contributed by atoms with Crippen LogP contribution in [0.25, 0.3) is 0 Å². The molecule has 1 aromatic carbocycles. The molecule has 60 valence electrons. The molecule has 0 unspecified atom stereocenters. The molecule has 0 aliphatic heterocycles. The fourth-order valence-corrected chi connectivity index (χ4v) is 0.646. The van der Waals surface area contributed by atoms with Crippen LogP contribution in [0.4, 0.5) is 11.4 Å². The smallest absolute Gasteiger partial charge is 1.00 e. The second kappa shape index (κ2) is 4.78. The number of rotatable bonds is 1. The molecule has 12 heavy (non-hydrogen) atoms. The summed E-state index contributed by atoms with van der Waals surface area (Å²) in [6, 6.07) is 3.53. The first kappa shape index (κ1) is 11.9. The van der Waals surface area contributed by atoms with Crippen molar-refractivity contribution in [1.29, 1.82) is 0 Å². The van der Waals surface area contributed by atoms with Crippen LogP contribution in [0.2, 0.25) is 0 Å². The van der Waals surface area contributed by atoms with Crippen LogP contribution in [0.15, 0.2) is 18.2 Å². The maximum absolute atomic E-state index is 10.1. The summed E-state index contributed by atoms with van der Waals surface area (Å²) in [5.74, 6) is -0.265. The number of hydrogen-bond donors (Lipinski definition) is 2. The van der Waals surface area contributed by atoms with E-state index < -0.39 is 4.92 Å². The van der Waals surface area contributed by atoms with E-state index in [1.807, 2.05) is 0 Å². The van der Waals surface area contributed by atoms with Crippen LogP contribution < -0.4 is 57.1 Å². The van der Waals surface area contributed by atoms with E-state index in [0.29, 0.717) is 0 Å². The molecule has 0 aliphatic carbocycles. The predicted octanol–water partition coefficient (Wildman–Crippen LogP) is -2.00. The Morgan fingerprint density at radius 2 is 2.17 bits per heavy atom. The second-order valence-corrected chi connectivity index (χ2v) is 2.00. The number of phenolic OH excluding ortho intramolecular Hbond substituents is 1. The number of phenols is 1. The third kappa shape index (κ3) is 2.72. The molecule has 1 aromatic rings. The predicted molar refractivity (Wildman–Crippen MR) is 40.3 cm³/mol. The fourth-order valence-electron chi connectivity index (χ4n) is 0.646. The van der Waals surface area contributed by atoms with Gasteiger partial charge < -0.3 is 12.3 Å². The Morgan fingerprint density at radius 1 is 1.58 bits per heavy atom. The van der Waals surface area contributed by atoms with Gasteiger partial charge in [0.1, 0.15) is 5.75 Å². The standard InChI is InChI=1S/C6H6N2O3.K.H/c7-5-2-1-4(8(10)11)3-6(5)9;;/h1-3,9H,7H2;;/q;+1;-1. The van der Waals surface area contributed by atoms with Gasteiger partial charge in [-0.05, 0) is 6.07 Å². The maximum atomic E-state index is 10.1. The third-order valence-corrected chi connectivity index (χ3v) is 1.22. The number of non-ortho nitro benzene ring substituents is 1. The van der Waals surface area contributed by atoms with Gasteiger partial charge in [0.05, 0.1) is 16.7 Å². The third-order valence-electron chi connectivity index (χ3n) is 1.22. The van der Waals surface area contributed by atoms with E-state index in [1.54, 1.807) is 0 Å². The van der Waals surface area contributed by atoms with Gasteiger partial charge in [0.15, 0.2) is 0 Å². The van der Waals surface area contributed by atoms with Crippen LogP contribution in [0, 0.1) is 10.1 Å². The summed E-state index contributed by atoms with van der Waals surface area (Å²) in [6.45, 7) is 0. The van der Waals surface area contributed by atoms with Crippen molar-refractivity contribution in [2.75, 3.05) is 5.73 Å². The van der Waals surface area contributed by atoms with Crippen LogP contribution in [-0.2, 0) is 0 Å². The molecular weight excluding hydrogens is 187 g/mol. The first-order valence-electron chi connectivity index (χ1n) is 2.84. The number of aromatic hydroxyl groups is 1. The van der Waals surface area contributed by atoms with Crippen molar-refractivity contribution in [3.8, 4) is 5.75 Å². The molecule has 0 heterocycles. The van der Waals surface area contributed by atoms with E-state index in [4.69, 9.17) is 10.8 Å². The Kier molecular flexibility index (Phi) is 4.72. The van der Waals surface area contributed by atoms with Gasteiger partial charge in [-0.3, -0.25) is 10.1 Å². The zero-order valence-electron chi connectivity index (χ0n) is 7.52. The van der Waals surface area contributed by atoms with Gasteiger partial charge in [0.2, 0.25) is 0 Å². The van der Waals surface area contributed by atoms with Crippen LogP contribution in [0.5, 0.6) is 5.75 Å². The summed E-state index contributed by atoms with van der Waals surface area (Å²) in [4.78, 5) is 9.52. The molecule has 6 heteroatoms. The molecule has 1 rings (SSSR count). The Bertz CT molecular complexity index is 308. The van der Waals surface area contributed by atoms with Crippen molar-refractivity contribution in [3.63, 3.8) is 0 Å². The molecule has 0 saturated heterocycles. The van der Waals surface area contributed by atoms with Crippen molar-refractivity contribution in [3.05, 3.63) is 28.3 Å². The number of nitrogens with zero attached hydrogens (tertiary/aromatic N) is 1. The summed E-state index contributed by atoms with van der Waals surface area (Å²) in [5.41, 5.74) is 5.18. The molecule has 5 nitrogen and oxygen atoms in total. The minimum atomic E-state index is -0.598. The van der Waals surface area contributed by atoms with E-state index in [-0.39, 0.29) is 69.9 Å². The van der Waals surface area contributed by atoms with Gasteiger partial charge in [-0.1, -0.05) is 0 Å². The van der Waals surface area contributed by atoms with Crippen molar-refractivity contribution in [1.82, 2.24) is 0 Å². The second-order valence-electron chi connectivity index (χ2n) is 2.00. The van der Waals surface area contributed by atoms with Crippen LogP contribution in [0.3, 0.4) is 0 Å². The normalized spacial score (nSPS) is 8.67. The SMILES string of the molecule is Nc1ccc([N+](=O)[O-])cc1O.[H-].[K+]. The molecule has 0 aromatic heterocycles. The first-order chi connectivity index (χ1) is 5.11. The Hall–Kier alpha value is -0.144. The monoisotopic (exact) mass is 194 g/mol. The molecule has 3 N–H and O–H groups in total. The summed E-state index contributed by atoms with van der Waals surface area (Å²) >= 11 is 0. The summed E-state index contributed by atoms with van der Waals surface area (Å²) in [6.07, 6.45) is 0. The van der Waals surface area contributed by atoms with E-state index in [0.717, 1.165) is 6.07 Å². The van der Waals surface area contributed by atoms with Crippen LogP contribution in [0.1, 0.15) is 1.43 Å². The Balaban J connectivity index is 0. The van der Waals surface area contributed by atoms with Gasteiger partial charge in [-0.2, -0.15) is 0 Å². The van der Waals surface area contributed by atoms with E-state index in [1.165, 1.54) is 12.1 Å². The quantitative estimate of drug-likeness (QED) is 0.178. The maximum Gasteiger partial charge on any atom is 1.00 e. The first-order valence-corrected chi connectivity index (χ1v) is 2.84. The minimum Gasteiger partial charge on any atom is -1.00 e. The number of nitrogen functional groups attached to an aromatic ring is 1. The molecule has 0 radical (unpaired) electrons. The van der Waals surface area contributed by atoms with Gasteiger partial charge in [-0.15, -0.1) is 0 Å². The zero-order chi connectivity index (χ0) is 8.43. The minimum absolute atomic E-state index is 0. The zero-order valence-corrected chi connectivity index (χ0v) is 9.64. The number of hydrogen-bond acceptors (Lipinski definition) is 4. The average molecular weight is 194 g/mol. The van der Waals surface area contributed by atoms with Gasteiger partial charge in [0.25, 0.3) is 5.69 Å². The van der Waals surface area contributed by atoms with Crippen LogP contribution in [-0.4, -0.2) is 10.0 Å². The fraction of sp³-hybridized carbons (Fsp3) is 0. The topological polar surface area (TPSA) is 89.4 Å². The van der Waals surface area contributed by atoms with Crippen LogP contribution >= 0.6 is 0 Å². The summed E-state index contributed by atoms with van der Waals surface area (Å²) in [5, 5.41) is 19.0. The molecule has 0 aliphatic rings. The van der Waals surface area contributed by atoms with E-state index in [9.17, 15) is 10.1 Å². The molecule has 0 fully saturated rings. The Labute approximate surface area is 113 Å². The van der Waals surface area contributed by atoms with Crippen molar-refractivity contribution in [2.45, 2.75) is 0 Å². The van der Waals surface area contributed by atoms with Crippen molar-refractivity contribution >= 4 is 11.4 Å². The van der Waals surface area contributed by atoms with Gasteiger partial charge >= 0.3 is 51.4 Å². The number of nitro benzene ring substituents is 1. The van der Waals surface area contributed by atoms with Crippen molar-refractivity contribution < 1.29 is 62.8 Å². The van der Waals surface area contributed by atoms with Gasteiger partial charge in [-0.25, -0.2) is 0 Å². The molecule has 0 spiro atoms. The van der Waals surface area contributed by atoms with E-state index in [2.05, 4.69) is 0 Å². The summed E-state index contributed by atoms with van der Waals surface area (Å²) in [7, 11) is 0. The Morgan fingerprint density at radius 3 is 2.58 bits per heavy atom. The molecule has 0 amide bonds. The van der Waals surface area contributed by atoms with Crippen molar-refractivity contribution in [2.24, 2.45) is 0 Å². The largest absolute Gasteiger partial charge is 1.00 e. The molecule has 0 bridgehead atoms. The molecular formula is C6H7KN2O3. The van der Waals surface area contributed by atoms with Gasteiger partial charge in [0, 0.05) is 6.07 Å². The molecule has 0 atom stereocenters. The molecule has 0 saturated carbocycles. The summed E-state index contributed by atoms with van der Waals surface area (Å²) < 4.78 is 0. The average Bonchev–Trinajstić information content (AvgIpc) is 1.94. The van der Waals surface area contributed by atoms with E-state index >= 15 is 0 Å². The number of nitro groups is 1. The number of nitrogens with two attached hydrogens (primary N) is 1.